The number of aryl methyl sites for hydroxylation is 1. The molecule has 7 nitrogen and oxygen atoms in total. The normalized spacial score (nSPS) is 11.7. The van der Waals surface area contributed by atoms with Crippen molar-refractivity contribution in [2.75, 3.05) is 10.0 Å². The number of nitrogens with zero attached hydrogens (tertiary/aromatic N) is 1. The molecule has 0 bridgehead atoms. The van der Waals surface area contributed by atoms with E-state index in [4.69, 9.17) is 4.52 Å². The zero-order chi connectivity index (χ0) is 21.2. The molecule has 1 amide bonds. The second-order valence-corrected chi connectivity index (χ2v) is 8.94. The van der Waals surface area contributed by atoms with Gasteiger partial charge in [0, 0.05) is 17.9 Å². The molecule has 0 unspecified atom stereocenters. The van der Waals surface area contributed by atoms with E-state index < -0.39 is 21.7 Å². The summed E-state index contributed by atoms with van der Waals surface area (Å²) in [5.41, 5.74) is 0.842. The maximum Gasteiger partial charge on any atom is 0.271 e. The molecule has 2 heterocycles. The third kappa shape index (κ3) is 4.87. The van der Waals surface area contributed by atoms with Crippen molar-refractivity contribution in [3.63, 3.8) is 0 Å². The Bertz CT molecular complexity index is 1200. The fourth-order valence-electron chi connectivity index (χ4n) is 2.32. The Balaban J connectivity index is 1.79. The highest BCUT2D eigenvalue weighted by atomic mass is 32.2. The second kappa shape index (κ2) is 8.13. The van der Waals surface area contributed by atoms with Crippen molar-refractivity contribution in [3.05, 3.63) is 58.3 Å². The molecule has 0 aliphatic heterocycles. The molecule has 3 rings (SSSR count). The number of benzene rings is 1. The van der Waals surface area contributed by atoms with E-state index >= 15 is 0 Å². The van der Waals surface area contributed by atoms with Gasteiger partial charge in [-0.1, -0.05) is 5.16 Å². The molecule has 0 fully saturated rings. The lowest BCUT2D eigenvalue weighted by Gasteiger charge is -2.06. The standard InChI is InChI=1S/C18H15F2N3O4S2/c1-10-18(21-11(2)24)16(27-22-10)7-4-13-5-8-17(28-13)29(25,26)23-12-3-6-14(19)15(20)9-12/h3-9,23H,1-2H3,(H,21,24)/b7-4+. The SMILES string of the molecule is CC(=O)Nc1c(C)noc1/C=C/c1ccc(S(=O)(=O)Nc2ccc(F)c(F)c2)s1. The molecule has 11 heteroatoms. The van der Waals surface area contributed by atoms with E-state index in [0.29, 0.717) is 22.0 Å². The van der Waals surface area contributed by atoms with Crippen LogP contribution in [0.25, 0.3) is 12.2 Å². The number of carbonyl (C=O) groups is 1. The van der Waals surface area contributed by atoms with E-state index in [1.165, 1.54) is 13.0 Å². The summed E-state index contributed by atoms with van der Waals surface area (Å²) in [7, 11) is -3.97. The van der Waals surface area contributed by atoms with Crippen LogP contribution in [0.15, 0.2) is 39.1 Å². The Morgan fingerprint density at radius 3 is 2.62 bits per heavy atom. The highest BCUT2D eigenvalue weighted by molar-refractivity contribution is 7.94. The predicted octanol–water partition coefficient (Wildman–Crippen LogP) is 4.25. The van der Waals surface area contributed by atoms with Crippen molar-refractivity contribution in [2.24, 2.45) is 0 Å². The quantitative estimate of drug-likeness (QED) is 0.598. The number of aromatic nitrogens is 1. The number of hydrogen-bond acceptors (Lipinski definition) is 6. The molecule has 2 aromatic heterocycles. The minimum atomic E-state index is -3.97. The van der Waals surface area contributed by atoms with Gasteiger partial charge in [-0.2, -0.15) is 0 Å². The van der Waals surface area contributed by atoms with Crippen LogP contribution in [0.3, 0.4) is 0 Å². The van der Waals surface area contributed by atoms with Gasteiger partial charge in [0.2, 0.25) is 5.91 Å². The molecular formula is C18H15F2N3O4S2. The van der Waals surface area contributed by atoms with Crippen molar-refractivity contribution in [3.8, 4) is 0 Å². The van der Waals surface area contributed by atoms with Crippen molar-refractivity contribution in [1.82, 2.24) is 5.16 Å². The summed E-state index contributed by atoms with van der Waals surface area (Å²) in [5, 5.41) is 6.40. The average Bonchev–Trinajstić information content (AvgIpc) is 3.24. The maximum atomic E-state index is 13.3. The average molecular weight is 439 g/mol. The lowest BCUT2D eigenvalue weighted by Crippen LogP contribution is -2.11. The van der Waals surface area contributed by atoms with E-state index in [1.807, 2.05) is 0 Å². The largest absolute Gasteiger partial charge is 0.354 e. The minimum Gasteiger partial charge on any atom is -0.354 e. The van der Waals surface area contributed by atoms with E-state index in [1.54, 1.807) is 25.1 Å². The van der Waals surface area contributed by atoms with Crippen LogP contribution in [0.5, 0.6) is 0 Å². The molecule has 29 heavy (non-hydrogen) atoms. The number of amides is 1. The van der Waals surface area contributed by atoms with Gasteiger partial charge < -0.3 is 9.84 Å². The number of sulfonamides is 1. The van der Waals surface area contributed by atoms with Gasteiger partial charge in [0.25, 0.3) is 10.0 Å². The fraction of sp³-hybridized carbons (Fsp3) is 0.111. The number of carbonyl (C=O) groups excluding carboxylic acids is 1. The summed E-state index contributed by atoms with van der Waals surface area (Å²) >= 11 is 0.958. The van der Waals surface area contributed by atoms with Crippen LogP contribution >= 0.6 is 11.3 Å². The Hall–Kier alpha value is -3.05. The smallest absolute Gasteiger partial charge is 0.271 e. The highest BCUT2D eigenvalue weighted by Crippen LogP contribution is 2.28. The number of anilines is 2. The van der Waals surface area contributed by atoms with Gasteiger partial charge in [-0.15, -0.1) is 11.3 Å². The molecule has 0 atom stereocenters. The highest BCUT2D eigenvalue weighted by Gasteiger charge is 2.18. The fourth-order valence-corrected chi connectivity index (χ4v) is 4.60. The number of halogens is 2. The minimum absolute atomic E-state index is 0.0160. The van der Waals surface area contributed by atoms with Crippen LogP contribution in [0, 0.1) is 18.6 Å². The zero-order valence-corrected chi connectivity index (χ0v) is 16.8. The van der Waals surface area contributed by atoms with Gasteiger partial charge in [-0.25, -0.2) is 17.2 Å². The van der Waals surface area contributed by atoms with Crippen molar-refractivity contribution >= 4 is 50.8 Å². The van der Waals surface area contributed by atoms with E-state index in [2.05, 4.69) is 15.2 Å². The lowest BCUT2D eigenvalue weighted by atomic mass is 10.2. The lowest BCUT2D eigenvalue weighted by molar-refractivity contribution is -0.114. The molecule has 0 aliphatic rings. The molecule has 0 aliphatic carbocycles. The molecular weight excluding hydrogens is 424 g/mol. The number of thiophene rings is 1. The van der Waals surface area contributed by atoms with Gasteiger partial charge in [-0.05, 0) is 43.3 Å². The van der Waals surface area contributed by atoms with Crippen molar-refractivity contribution < 1.29 is 26.5 Å². The van der Waals surface area contributed by atoms with Crippen LogP contribution in [0.1, 0.15) is 23.3 Å². The Morgan fingerprint density at radius 1 is 1.17 bits per heavy atom. The predicted molar refractivity (Wildman–Crippen MR) is 106 cm³/mol. The van der Waals surface area contributed by atoms with Gasteiger partial charge in [-0.3, -0.25) is 9.52 Å². The first-order valence-electron chi connectivity index (χ1n) is 8.15. The Kier molecular flexibility index (Phi) is 5.80. The third-order valence-electron chi connectivity index (χ3n) is 3.63. The number of hydrogen-bond donors (Lipinski definition) is 2. The summed E-state index contributed by atoms with van der Waals surface area (Å²) in [5.74, 6) is -2.19. The molecule has 0 spiro atoms. The monoisotopic (exact) mass is 439 g/mol. The summed E-state index contributed by atoms with van der Waals surface area (Å²) < 4.78 is 58.5. The van der Waals surface area contributed by atoms with Crippen LogP contribution < -0.4 is 10.0 Å². The summed E-state index contributed by atoms with van der Waals surface area (Å²) in [4.78, 5) is 11.9. The topological polar surface area (TPSA) is 101 Å². The summed E-state index contributed by atoms with van der Waals surface area (Å²) in [6.45, 7) is 3.03. The van der Waals surface area contributed by atoms with E-state index in [0.717, 1.165) is 29.5 Å². The molecule has 3 aromatic rings. The first kappa shape index (κ1) is 20.7. The molecule has 0 saturated carbocycles. The third-order valence-corrected chi connectivity index (χ3v) is 6.55. The summed E-state index contributed by atoms with van der Waals surface area (Å²) in [6.07, 6.45) is 3.16. The van der Waals surface area contributed by atoms with Crippen LogP contribution in [0.4, 0.5) is 20.2 Å². The molecule has 2 N–H and O–H groups in total. The Labute approximate surface area is 169 Å². The van der Waals surface area contributed by atoms with Gasteiger partial charge in [0.05, 0.1) is 5.69 Å². The zero-order valence-electron chi connectivity index (χ0n) is 15.2. The van der Waals surface area contributed by atoms with Crippen molar-refractivity contribution in [2.45, 2.75) is 18.1 Å². The number of rotatable bonds is 6. The van der Waals surface area contributed by atoms with Gasteiger partial charge in [0.15, 0.2) is 17.4 Å². The van der Waals surface area contributed by atoms with E-state index in [9.17, 15) is 22.0 Å². The molecule has 0 saturated heterocycles. The summed E-state index contributed by atoms with van der Waals surface area (Å²) in [6, 6.07) is 5.67. The van der Waals surface area contributed by atoms with Crippen LogP contribution in [-0.2, 0) is 14.8 Å². The second-order valence-electron chi connectivity index (χ2n) is 5.91. The first-order valence-corrected chi connectivity index (χ1v) is 10.5. The Morgan fingerprint density at radius 2 is 1.93 bits per heavy atom. The van der Waals surface area contributed by atoms with Crippen LogP contribution in [0.2, 0.25) is 0 Å². The van der Waals surface area contributed by atoms with Crippen molar-refractivity contribution in [1.29, 1.82) is 0 Å². The van der Waals surface area contributed by atoms with Crippen LogP contribution in [-0.4, -0.2) is 19.5 Å². The molecule has 0 radical (unpaired) electrons. The van der Waals surface area contributed by atoms with Gasteiger partial charge in [0.1, 0.15) is 15.6 Å². The maximum absolute atomic E-state index is 13.3. The molecule has 1 aromatic carbocycles. The van der Waals surface area contributed by atoms with Gasteiger partial charge >= 0.3 is 0 Å². The number of nitrogens with one attached hydrogen (secondary N) is 2. The first-order chi connectivity index (χ1) is 13.7. The molecule has 152 valence electrons. The van der Waals surface area contributed by atoms with E-state index in [-0.39, 0.29) is 15.8 Å².